The number of hydrogen-bond donors (Lipinski definition) is 0. The minimum Gasteiger partial charge on any atom is -0.488 e. The smallest absolute Gasteiger partial charge is 0.136 e. The number of nitrogens with zero attached hydrogens (tertiary/aromatic N) is 5. The van der Waals surface area contributed by atoms with Crippen LogP contribution in [0.2, 0.25) is 0 Å². The van der Waals surface area contributed by atoms with Crippen LogP contribution in [-0.2, 0) is 21.1 Å². The Kier molecular flexibility index (Phi) is 9.15. The Morgan fingerprint density at radius 2 is 1.20 bits per heavy atom. The molecule has 1 aliphatic rings. The predicted molar refractivity (Wildman–Crippen MR) is 220 cm³/mol. The standard InChI is InChI=1S/C49H32N5.Pt/c1-3-15-35(16-4-1)48(36-17-5-2-6-18-36)49(38-27-28-42-41-22-7-8-23-43(41)54(46(42)32-38)47-26-11-12-30-51-47)37-19-13-20-39(31-37)52-34-53(40-21-14-29-50-33-40)45-25-10-9-24-44(45)52;/h1-30,33-34H;/q-3;. The number of anilines is 4. The van der Waals surface area contributed by atoms with Gasteiger partial charge in [-0.3, -0.25) is 4.98 Å². The third-order valence-electron chi connectivity index (χ3n) is 9.97. The van der Waals surface area contributed by atoms with Crippen molar-refractivity contribution >= 4 is 55.7 Å². The predicted octanol–water partition coefficient (Wildman–Crippen LogP) is 11.6. The van der Waals surface area contributed by atoms with Crippen molar-refractivity contribution in [2.75, 3.05) is 9.80 Å². The number of para-hydroxylation sites is 3. The molecule has 266 valence electrons. The van der Waals surface area contributed by atoms with Crippen LogP contribution in [-0.4, -0.2) is 14.5 Å². The van der Waals surface area contributed by atoms with Crippen LogP contribution in [0.4, 0.5) is 22.7 Å². The van der Waals surface area contributed by atoms with Crippen LogP contribution >= 0.6 is 0 Å². The summed E-state index contributed by atoms with van der Waals surface area (Å²) in [5.41, 5.74) is 12.4. The molecule has 55 heavy (non-hydrogen) atoms. The molecule has 6 aromatic carbocycles. The van der Waals surface area contributed by atoms with Crippen LogP contribution in [0.15, 0.2) is 188 Å². The van der Waals surface area contributed by atoms with Crippen LogP contribution in [0.5, 0.6) is 0 Å². The van der Waals surface area contributed by atoms with Crippen LogP contribution in [0.3, 0.4) is 0 Å². The molecule has 0 amide bonds. The quantitative estimate of drug-likeness (QED) is 0.118. The topological polar surface area (TPSA) is 37.2 Å². The van der Waals surface area contributed by atoms with Crippen molar-refractivity contribution in [3.05, 3.63) is 230 Å². The molecule has 0 radical (unpaired) electrons. The molecule has 0 aliphatic carbocycles. The molecule has 4 heterocycles. The molecule has 0 atom stereocenters. The molecule has 0 unspecified atom stereocenters. The molecular formula is C49H32N5Pt-3. The third kappa shape index (κ3) is 6.13. The number of benzene rings is 6. The molecule has 3 aromatic heterocycles. The van der Waals surface area contributed by atoms with Gasteiger partial charge >= 0.3 is 0 Å². The van der Waals surface area contributed by atoms with Gasteiger partial charge in [-0.2, -0.15) is 0 Å². The number of pyridine rings is 2. The second-order valence-corrected chi connectivity index (χ2v) is 13.2. The van der Waals surface area contributed by atoms with E-state index in [1.54, 1.807) is 6.20 Å². The largest absolute Gasteiger partial charge is 0.488 e. The van der Waals surface area contributed by atoms with E-state index in [4.69, 9.17) is 4.98 Å². The molecule has 6 heteroatoms. The van der Waals surface area contributed by atoms with Gasteiger partial charge in [-0.05, 0) is 70.1 Å². The van der Waals surface area contributed by atoms with E-state index < -0.39 is 0 Å². The van der Waals surface area contributed by atoms with E-state index in [2.05, 4.69) is 190 Å². The van der Waals surface area contributed by atoms with Crippen LogP contribution in [0, 0.1) is 18.8 Å². The maximum Gasteiger partial charge on any atom is 0.136 e. The molecule has 0 bridgehead atoms. The zero-order valence-electron chi connectivity index (χ0n) is 29.5. The molecule has 5 nitrogen and oxygen atoms in total. The fourth-order valence-corrected chi connectivity index (χ4v) is 7.59. The van der Waals surface area contributed by atoms with Gasteiger partial charge in [-0.1, -0.05) is 108 Å². The summed E-state index contributed by atoms with van der Waals surface area (Å²) in [4.78, 5) is 13.6. The van der Waals surface area contributed by atoms with Crippen LogP contribution in [0.1, 0.15) is 22.3 Å². The first-order valence-corrected chi connectivity index (χ1v) is 18.0. The van der Waals surface area contributed by atoms with E-state index in [1.807, 2.05) is 30.6 Å². The van der Waals surface area contributed by atoms with Crippen molar-refractivity contribution in [2.24, 2.45) is 0 Å². The second-order valence-electron chi connectivity index (χ2n) is 13.2. The van der Waals surface area contributed by atoms with Gasteiger partial charge in [0.1, 0.15) is 5.82 Å². The first-order valence-electron chi connectivity index (χ1n) is 18.0. The minimum absolute atomic E-state index is 0. The molecule has 0 saturated carbocycles. The molecule has 0 N–H and O–H groups in total. The van der Waals surface area contributed by atoms with Crippen molar-refractivity contribution in [3.8, 4) is 5.82 Å². The molecule has 0 fully saturated rings. The van der Waals surface area contributed by atoms with Gasteiger partial charge in [-0.25, -0.2) is 4.98 Å². The van der Waals surface area contributed by atoms with E-state index in [-0.39, 0.29) is 21.1 Å². The van der Waals surface area contributed by atoms with E-state index >= 15 is 0 Å². The minimum atomic E-state index is 0. The number of hydrogen-bond acceptors (Lipinski definition) is 4. The van der Waals surface area contributed by atoms with Gasteiger partial charge in [0.25, 0.3) is 0 Å². The summed E-state index contributed by atoms with van der Waals surface area (Å²) < 4.78 is 2.22. The third-order valence-corrected chi connectivity index (χ3v) is 9.97. The number of rotatable bonds is 7. The zero-order chi connectivity index (χ0) is 35.8. The fourth-order valence-electron chi connectivity index (χ4n) is 7.59. The molecule has 10 rings (SSSR count). The van der Waals surface area contributed by atoms with Gasteiger partial charge in [0.2, 0.25) is 0 Å². The second kappa shape index (κ2) is 14.7. The van der Waals surface area contributed by atoms with Gasteiger partial charge in [0, 0.05) is 62.2 Å². The Balaban J connectivity index is 0.00000397. The molecule has 0 saturated heterocycles. The zero-order valence-corrected chi connectivity index (χ0v) is 31.8. The molecule has 1 aliphatic heterocycles. The summed E-state index contributed by atoms with van der Waals surface area (Å²) in [5.74, 6) is 0.851. The summed E-state index contributed by atoms with van der Waals surface area (Å²) in [6.45, 7) is 2.12. The van der Waals surface area contributed by atoms with Gasteiger partial charge in [0.15, 0.2) is 0 Å². The first kappa shape index (κ1) is 34.2. The van der Waals surface area contributed by atoms with E-state index in [0.29, 0.717) is 0 Å². The summed E-state index contributed by atoms with van der Waals surface area (Å²) in [7, 11) is 0. The summed E-state index contributed by atoms with van der Waals surface area (Å²) in [6, 6.07) is 67.0. The maximum absolute atomic E-state index is 4.79. The molecular weight excluding hydrogens is 854 g/mol. The summed E-state index contributed by atoms with van der Waals surface area (Å²) in [6.07, 6.45) is 5.53. The first-order chi connectivity index (χ1) is 26.8. The van der Waals surface area contributed by atoms with E-state index in [1.165, 1.54) is 0 Å². The Bertz CT molecular complexity index is 2760. The van der Waals surface area contributed by atoms with Crippen LogP contribution < -0.4 is 9.80 Å². The normalized spacial score (nSPS) is 12.1. The van der Waals surface area contributed by atoms with Gasteiger partial charge < -0.3 is 14.4 Å². The summed E-state index contributed by atoms with van der Waals surface area (Å²) in [5, 5.41) is 2.28. The summed E-state index contributed by atoms with van der Waals surface area (Å²) >= 11 is 0. The van der Waals surface area contributed by atoms with Crippen molar-refractivity contribution < 1.29 is 21.1 Å². The van der Waals surface area contributed by atoms with Gasteiger partial charge in [-0.15, -0.1) is 65.8 Å². The average Bonchev–Trinajstić information content (AvgIpc) is 3.80. The van der Waals surface area contributed by atoms with E-state index in [9.17, 15) is 0 Å². The Morgan fingerprint density at radius 3 is 1.93 bits per heavy atom. The van der Waals surface area contributed by atoms with Crippen molar-refractivity contribution in [1.82, 2.24) is 14.5 Å². The Hall–Kier alpha value is -6.55. The number of fused-ring (bicyclic) bond motifs is 4. The Labute approximate surface area is 334 Å². The molecule has 9 aromatic rings. The molecule has 0 spiro atoms. The van der Waals surface area contributed by atoms with Crippen molar-refractivity contribution in [1.29, 1.82) is 0 Å². The monoisotopic (exact) mass is 885 g/mol. The van der Waals surface area contributed by atoms with Crippen LogP contribution in [0.25, 0.3) is 38.8 Å². The Morgan fingerprint density at radius 1 is 0.509 bits per heavy atom. The van der Waals surface area contributed by atoms with Crippen molar-refractivity contribution in [2.45, 2.75) is 0 Å². The number of aromatic nitrogens is 3. The van der Waals surface area contributed by atoms with E-state index in [0.717, 1.165) is 83.8 Å². The maximum atomic E-state index is 4.79. The van der Waals surface area contributed by atoms with Crippen molar-refractivity contribution in [3.63, 3.8) is 0 Å². The average molecular weight is 886 g/mol. The fraction of sp³-hybridized carbons (Fsp3) is 0. The van der Waals surface area contributed by atoms with Gasteiger partial charge in [0.05, 0.1) is 0 Å². The SMILES string of the molecule is [Pt].[c-]1c(C(=C(c2ccccc2)c2ccccc2)c2[c-]c3c(cc2)c2ccccc2n3-c2ccccn2)cccc1N1[CH-]N(c2cccnc2)c2ccccc21.